The Morgan fingerprint density at radius 2 is 2.05 bits per heavy atom. The number of carbonyl (C=O) groups excluding carboxylic acids is 1. The number of aliphatic hydroxyl groups is 1. The Balaban J connectivity index is 2.21. The molecule has 1 N–H and O–H groups in total. The zero-order chi connectivity index (χ0) is 13.9. The molecule has 1 aliphatic rings. The molecule has 1 aromatic rings. The maximum atomic E-state index is 12.6. The first kappa shape index (κ1) is 14.1. The predicted molar refractivity (Wildman–Crippen MR) is 76.2 cm³/mol. The summed E-state index contributed by atoms with van der Waals surface area (Å²) in [4.78, 5) is 14.3. The van der Waals surface area contributed by atoms with Gasteiger partial charge in [-0.2, -0.15) is 0 Å². The number of nitrogens with zero attached hydrogens (tertiary/aromatic N) is 1. The lowest BCUT2D eigenvalue weighted by atomic mass is 9.94. The molecule has 0 bridgehead atoms. The van der Waals surface area contributed by atoms with E-state index < -0.39 is 5.41 Å². The fourth-order valence-corrected chi connectivity index (χ4v) is 2.50. The standard InChI is InChI=1S/C15H18ClNO2/c1-2-9-17(10-11-18)14(19)15(7-8-15)12-3-5-13(16)6-4-12/h2-6,18H,1,7-11H2. The van der Waals surface area contributed by atoms with Gasteiger partial charge in [0.2, 0.25) is 5.91 Å². The number of amides is 1. The van der Waals surface area contributed by atoms with Gasteiger partial charge >= 0.3 is 0 Å². The molecule has 0 unspecified atom stereocenters. The van der Waals surface area contributed by atoms with Crippen LogP contribution < -0.4 is 0 Å². The van der Waals surface area contributed by atoms with Crippen molar-refractivity contribution in [2.45, 2.75) is 18.3 Å². The molecule has 1 aliphatic carbocycles. The molecule has 1 saturated carbocycles. The van der Waals surface area contributed by atoms with Gasteiger partial charge in [0.15, 0.2) is 0 Å². The summed E-state index contributed by atoms with van der Waals surface area (Å²) >= 11 is 5.88. The molecule has 4 heteroatoms. The normalized spacial score (nSPS) is 15.9. The fourth-order valence-electron chi connectivity index (χ4n) is 2.37. The molecule has 0 spiro atoms. The number of carbonyl (C=O) groups is 1. The number of halogens is 1. The summed E-state index contributed by atoms with van der Waals surface area (Å²) in [6.45, 7) is 4.44. The van der Waals surface area contributed by atoms with Crippen molar-refractivity contribution in [1.82, 2.24) is 4.90 Å². The topological polar surface area (TPSA) is 40.5 Å². The number of aliphatic hydroxyl groups excluding tert-OH is 1. The Bertz CT molecular complexity index is 466. The van der Waals surface area contributed by atoms with E-state index in [0.29, 0.717) is 18.1 Å². The first-order valence-electron chi connectivity index (χ1n) is 6.41. The average Bonchev–Trinajstić information content (AvgIpc) is 3.20. The molecule has 19 heavy (non-hydrogen) atoms. The first-order chi connectivity index (χ1) is 9.14. The van der Waals surface area contributed by atoms with Crippen LogP contribution in [0.25, 0.3) is 0 Å². The van der Waals surface area contributed by atoms with Crippen LogP contribution in [-0.4, -0.2) is 35.6 Å². The zero-order valence-electron chi connectivity index (χ0n) is 10.8. The summed E-state index contributed by atoms with van der Waals surface area (Å²) in [6.07, 6.45) is 3.39. The van der Waals surface area contributed by atoms with Crippen LogP contribution in [0.2, 0.25) is 5.02 Å². The summed E-state index contributed by atoms with van der Waals surface area (Å²) in [5.74, 6) is 0.0729. The van der Waals surface area contributed by atoms with Gasteiger partial charge in [0.05, 0.1) is 12.0 Å². The highest BCUT2D eigenvalue weighted by Crippen LogP contribution is 2.49. The summed E-state index contributed by atoms with van der Waals surface area (Å²) in [5.41, 5.74) is 0.594. The van der Waals surface area contributed by atoms with Crippen LogP contribution in [0.5, 0.6) is 0 Å². The van der Waals surface area contributed by atoms with Crippen molar-refractivity contribution in [3.05, 3.63) is 47.5 Å². The Kier molecular flexibility index (Phi) is 4.27. The lowest BCUT2D eigenvalue weighted by Gasteiger charge is -2.26. The minimum atomic E-state index is -0.414. The Hall–Kier alpha value is -1.32. The smallest absolute Gasteiger partial charge is 0.233 e. The summed E-state index contributed by atoms with van der Waals surface area (Å²) in [7, 11) is 0. The van der Waals surface area contributed by atoms with Crippen molar-refractivity contribution in [3.8, 4) is 0 Å². The van der Waals surface area contributed by atoms with Crippen molar-refractivity contribution >= 4 is 17.5 Å². The van der Waals surface area contributed by atoms with Gasteiger partial charge in [0, 0.05) is 18.1 Å². The lowest BCUT2D eigenvalue weighted by Crippen LogP contribution is -2.41. The van der Waals surface area contributed by atoms with Crippen LogP contribution in [0.3, 0.4) is 0 Å². The molecule has 1 aromatic carbocycles. The van der Waals surface area contributed by atoms with Gasteiger partial charge in [-0.05, 0) is 30.5 Å². The van der Waals surface area contributed by atoms with E-state index in [1.165, 1.54) is 0 Å². The molecular formula is C15H18ClNO2. The molecular weight excluding hydrogens is 262 g/mol. The molecule has 0 saturated heterocycles. The lowest BCUT2D eigenvalue weighted by molar-refractivity contribution is -0.133. The number of benzene rings is 1. The van der Waals surface area contributed by atoms with Crippen molar-refractivity contribution in [2.75, 3.05) is 19.7 Å². The van der Waals surface area contributed by atoms with E-state index >= 15 is 0 Å². The highest BCUT2D eigenvalue weighted by atomic mass is 35.5. The van der Waals surface area contributed by atoms with Crippen LogP contribution >= 0.6 is 11.6 Å². The van der Waals surface area contributed by atoms with E-state index in [1.807, 2.05) is 24.3 Å². The average molecular weight is 280 g/mol. The molecule has 0 heterocycles. The van der Waals surface area contributed by atoms with E-state index in [9.17, 15) is 4.79 Å². The minimum absolute atomic E-state index is 0.0315. The molecule has 2 rings (SSSR count). The van der Waals surface area contributed by atoms with Crippen LogP contribution in [0.1, 0.15) is 18.4 Å². The third-order valence-electron chi connectivity index (χ3n) is 3.56. The quantitative estimate of drug-likeness (QED) is 0.812. The molecule has 1 fully saturated rings. The first-order valence-corrected chi connectivity index (χ1v) is 6.79. The Morgan fingerprint density at radius 1 is 1.42 bits per heavy atom. The van der Waals surface area contributed by atoms with Gasteiger partial charge < -0.3 is 10.0 Å². The van der Waals surface area contributed by atoms with Gasteiger partial charge in [0.1, 0.15) is 0 Å². The van der Waals surface area contributed by atoms with Crippen molar-refractivity contribution in [2.24, 2.45) is 0 Å². The van der Waals surface area contributed by atoms with Gasteiger partial charge in [-0.3, -0.25) is 4.79 Å². The summed E-state index contributed by atoms with van der Waals surface area (Å²) in [6, 6.07) is 7.46. The molecule has 102 valence electrons. The number of hydrogen-bond acceptors (Lipinski definition) is 2. The third-order valence-corrected chi connectivity index (χ3v) is 3.81. The molecule has 3 nitrogen and oxygen atoms in total. The molecule has 0 aliphatic heterocycles. The second-order valence-electron chi connectivity index (χ2n) is 4.85. The third kappa shape index (κ3) is 2.82. The van der Waals surface area contributed by atoms with Gasteiger partial charge in [0.25, 0.3) is 0 Å². The maximum Gasteiger partial charge on any atom is 0.233 e. The van der Waals surface area contributed by atoms with Crippen LogP contribution in [-0.2, 0) is 10.2 Å². The van der Waals surface area contributed by atoms with E-state index in [2.05, 4.69) is 6.58 Å². The number of hydrogen-bond donors (Lipinski definition) is 1. The maximum absolute atomic E-state index is 12.6. The zero-order valence-corrected chi connectivity index (χ0v) is 11.6. The van der Waals surface area contributed by atoms with Gasteiger partial charge in [-0.15, -0.1) is 6.58 Å². The Morgan fingerprint density at radius 3 is 2.53 bits per heavy atom. The van der Waals surface area contributed by atoms with Crippen molar-refractivity contribution in [1.29, 1.82) is 0 Å². The predicted octanol–water partition coefficient (Wildman–Crippen LogP) is 2.38. The van der Waals surface area contributed by atoms with E-state index in [4.69, 9.17) is 16.7 Å². The molecule has 0 radical (unpaired) electrons. The molecule has 0 aromatic heterocycles. The Labute approximate surface area is 118 Å². The van der Waals surface area contributed by atoms with Gasteiger partial charge in [-0.1, -0.05) is 29.8 Å². The van der Waals surface area contributed by atoms with E-state index in [0.717, 1.165) is 18.4 Å². The molecule has 0 atom stereocenters. The second kappa shape index (κ2) is 5.76. The van der Waals surface area contributed by atoms with Crippen molar-refractivity contribution in [3.63, 3.8) is 0 Å². The minimum Gasteiger partial charge on any atom is -0.395 e. The number of rotatable bonds is 6. The van der Waals surface area contributed by atoms with E-state index in [1.54, 1.807) is 11.0 Å². The van der Waals surface area contributed by atoms with Crippen LogP contribution in [0.4, 0.5) is 0 Å². The van der Waals surface area contributed by atoms with Crippen LogP contribution in [0, 0.1) is 0 Å². The highest BCUT2D eigenvalue weighted by molar-refractivity contribution is 6.30. The summed E-state index contributed by atoms with van der Waals surface area (Å²) < 4.78 is 0. The SMILES string of the molecule is C=CCN(CCO)C(=O)C1(c2ccc(Cl)cc2)CC1. The fraction of sp³-hybridized carbons (Fsp3) is 0.400. The summed E-state index contributed by atoms with van der Waals surface area (Å²) in [5, 5.41) is 9.73. The van der Waals surface area contributed by atoms with Crippen molar-refractivity contribution < 1.29 is 9.90 Å². The van der Waals surface area contributed by atoms with E-state index in [-0.39, 0.29) is 12.5 Å². The second-order valence-corrected chi connectivity index (χ2v) is 5.29. The monoisotopic (exact) mass is 279 g/mol. The van der Waals surface area contributed by atoms with Crippen LogP contribution in [0.15, 0.2) is 36.9 Å². The highest BCUT2D eigenvalue weighted by Gasteiger charge is 2.52. The molecule has 1 amide bonds. The van der Waals surface area contributed by atoms with Gasteiger partial charge in [-0.25, -0.2) is 0 Å². The largest absolute Gasteiger partial charge is 0.395 e.